The average Bonchev–Trinajstić information content (AvgIpc) is 3.56. The fourth-order valence-corrected chi connectivity index (χ4v) is 6.65. The normalized spacial score (nSPS) is 19.5. The van der Waals surface area contributed by atoms with Gasteiger partial charge in [-0.05, 0) is 99.7 Å². The molecule has 1 aromatic carbocycles. The molecule has 0 saturated carbocycles. The quantitative estimate of drug-likeness (QED) is 0.242. The van der Waals surface area contributed by atoms with Gasteiger partial charge in [0.15, 0.2) is 0 Å². The summed E-state index contributed by atoms with van der Waals surface area (Å²) in [6.45, 7) is 18.4. The van der Waals surface area contributed by atoms with Crippen molar-refractivity contribution >= 4 is 28.2 Å². The van der Waals surface area contributed by atoms with Crippen molar-refractivity contribution in [3.8, 4) is 6.07 Å². The topological polar surface area (TPSA) is 76.8 Å². The Morgan fingerprint density at radius 1 is 1.31 bits per heavy atom. The molecule has 7 heteroatoms. The SMILES string of the molecule is C=C.C=C(/C=C\NCC1=CC2NC=CC(c3cc(C)cc4ccn(CC5(C#N)CCNCC5)c34)=C2S1)NCC. The second kappa shape index (κ2) is 13.0. The number of hydrogen-bond donors (Lipinski definition) is 4. The lowest BCUT2D eigenvalue weighted by Crippen LogP contribution is -2.38. The molecule has 204 valence electrons. The standard InChI is InChI=1S/C30H36N6S.C2H4/c1-4-34-22(3)5-10-33-18-24-17-27-29(37-24)25(6-11-35-27)26-16-21(2)15-23-7-14-36(28(23)26)20-30(19-31)8-12-32-13-9-30;1-2/h5-7,10-11,14-17,27,32-35H,3-4,8-9,12-13,18,20H2,1-2H3;1-2H2/b10-5-;. The number of benzene rings is 1. The number of fused-ring (bicyclic) bond motifs is 2. The molecule has 3 aliphatic heterocycles. The number of aromatic nitrogens is 1. The van der Waals surface area contributed by atoms with Crippen LogP contribution in [0.3, 0.4) is 0 Å². The zero-order chi connectivity index (χ0) is 27.8. The predicted octanol–water partition coefficient (Wildman–Crippen LogP) is 5.70. The molecule has 39 heavy (non-hydrogen) atoms. The molecule has 1 unspecified atom stereocenters. The van der Waals surface area contributed by atoms with Gasteiger partial charge in [-0.2, -0.15) is 5.26 Å². The highest BCUT2D eigenvalue weighted by Crippen LogP contribution is 2.44. The Kier molecular flexibility index (Phi) is 9.45. The van der Waals surface area contributed by atoms with E-state index in [1.54, 1.807) is 0 Å². The zero-order valence-electron chi connectivity index (χ0n) is 23.1. The van der Waals surface area contributed by atoms with Gasteiger partial charge in [0.25, 0.3) is 0 Å². The van der Waals surface area contributed by atoms with Gasteiger partial charge in [0.05, 0.1) is 23.0 Å². The van der Waals surface area contributed by atoms with Gasteiger partial charge in [-0.3, -0.25) is 0 Å². The van der Waals surface area contributed by atoms with E-state index >= 15 is 0 Å². The summed E-state index contributed by atoms with van der Waals surface area (Å²) in [5.41, 5.74) is 5.57. The van der Waals surface area contributed by atoms with Crippen LogP contribution in [0.2, 0.25) is 0 Å². The van der Waals surface area contributed by atoms with Crippen LogP contribution < -0.4 is 21.3 Å². The first kappa shape index (κ1) is 28.4. The van der Waals surface area contributed by atoms with Crippen LogP contribution in [0.15, 0.2) is 90.3 Å². The molecule has 1 atom stereocenters. The number of nitriles is 1. The van der Waals surface area contributed by atoms with Crippen LogP contribution in [0.1, 0.15) is 30.9 Å². The Morgan fingerprint density at radius 3 is 2.85 bits per heavy atom. The minimum Gasteiger partial charge on any atom is -0.386 e. The number of nitrogens with one attached hydrogen (secondary N) is 4. The first-order valence-electron chi connectivity index (χ1n) is 13.6. The highest BCUT2D eigenvalue weighted by atomic mass is 32.2. The third-order valence-electron chi connectivity index (χ3n) is 7.32. The Hall–Kier alpha value is -3.60. The van der Waals surface area contributed by atoms with Gasteiger partial charge in [0.2, 0.25) is 0 Å². The number of allylic oxidation sites excluding steroid dienone is 3. The van der Waals surface area contributed by atoms with Crippen molar-refractivity contribution in [2.75, 3.05) is 26.2 Å². The number of nitrogens with zero attached hydrogens (tertiary/aromatic N) is 2. The summed E-state index contributed by atoms with van der Waals surface area (Å²) in [6, 6.07) is 9.62. The molecular weight excluding hydrogens is 500 g/mol. The molecule has 0 spiro atoms. The van der Waals surface area contributed by atoms with Gasteiger partial charge in [0.1, 0.15) is 0 Å². The summed E-state index contributed by atoms with van der Waals surface area (Å²) in [5, 5.41) is 24.9. The molecule has 3 aliphatic rings. The Balaban J connectivity index is 0.00000172. The zero-order valence-corrected chi connectivity index (χ0v) is 24.0. The van der Waals surface area contributed by atoms with Gasteiger partial charge >= 0.3 is 0 Å². The first-order chi connectivity index (χ1) is 19.0. The van der Waals surface area contributed by atoms with Crippen molar-refractivity contribution in [1.82, 2.24) is 25.8 Å². The molecule has 0 amide bonds. The number of likely N-dealkylation sites (N-methyl/N-ethyl adjacent to an activating group) is 1. The van der Waals surface area contributed by atoms with Crippen LogP contribution in [0.4, 0.5) is 0 Å². The van der Waals surface area contributed by atoms with Crippen LogP contribution in [0.5, 0.6) is 0 Å². The molecule has 6 nitrogen and oxygen atoms in total. The Labute approximate surface area is 237 Å². The van der Waals surface area contributed by atoms with Gasteiger partial charge in [-0.25, -0.2) is 0 Å². The monoisotopic (exact) mass is 540 g/mol. The van der Waals surface area contributed by atoms with Crippen molar-refractivity contribution in [1.29, 1.82) is 5.26 Å². The fraction of sp³-hybridized carbons (Fsp3) is 0.344. The molecule has 1 fully saturated rings. The van der Waals surface area contributed by atoms with Crippen LogP contribution in [0, 0.1) is 23.7 Å². The first-order valence-corrected chi connectivity index (χ1v) is 14.4. The summed E-state index contributed by atoms with van der Waals surface area (Å²) in [5.74, 6) is 0. The van der Waals surface area contributed by atoms with Gasteiger partial charge in [-0.1, -0.05) is 18.3 Å². The number of thioether (sulfide) groups is 1. The van der Waals surface area contributed by atoms with E-state index in [0.717, 1.165) is 51.3 Å². The minimum atomic E-state index is -0.322. The van der Waals surface area contributed by atoms with Gasteiger partial charge < -0.3 is 25.8 Å². The molecule has 5 rings (SSSR count). The van der Waals surface area contributed by atoms with Crippen LogP contribution in [0.25, 0.3) is 16.5 Å². The Morgan fingerprint density at radius 2 is 2.10 bits per heavy atom. The maximum atomic E-state index is 10.1. The number of rotatable bonds is 9. The molecular formula is C32H40N6S. The average molecular weight is 541 g/mol. The largest absolute Gasteiger partial charge is 0.386 e. The van der Waals surface area contributed by atoms with Crippen molar-refractivity contribution in [3.05, 3.63) is 101 Å². The molecule has 2 aromatic rings. The minimum absolute atomic E-state index is 0.177. The van der Waals surface area contributed by atoms with E-state index in [4.69, 9.17) is 0 Å². The van der Waals surface area contributed by atoms with Crippen LogP contribution in [-0.4, -0.2) is 36.8 Å². The van der Waals surface area contributed by atoms with Crippen molar-refractivity contribution in [3.63, 3.8) is 0 Å². The van der Waals surface area contributed by atoms with Crippen molar-refractivity contribution < 1.29 is 0 Å². The molecule has 1 aromatic heterocycles. The fourth-order valence-electron chi connectivity index (χ4n) is 5.46. The number of aryl methyl sites for hydroxylation is 1. The second-order valence-electron chi connectivity index (χ2n) is 10.1. The van der Waals surface area contributed by atoms with E-state index in [9.17, 15) is 5.26 Å². The maximum Gasteiger partial charge on any atom is 0.0776 e. The van der Waals surface area contributed by atoms with Crippen molar-refractivity contribution in [2.24, 2.45) is 5.41 Å². The maximum absolute atomic E-state index is 10.1. The lowest BCUT2D eigenvalue weighted by molar-refractivity contribution is 0.247. The number of dihydropyridines is 1. The summed E-state index contributed by atoms with van der Waals surface area (Å²) >= 11 is 1.85. The molecule has 0 radical (unpaired) electrons. The predicted molar refractivity (Wildman–Crippen MR) is 167 cm³/mol. The lowest BCUT2D eigenvalue weighted by atomic mass is 9.80. The van der Waals surface area contributed by atoms with Gasteiger partial charge in [-0.15, -0.1) is 13.2 Å². The molecule has 0 bridgehead atoms. The van der Waals surface area contributed by atoms with E-state index in [2.05, 4.69) is 108 Å². The van der Waals surface area contributed by atoms with E-state index in [0.29, 0.717) is 0 Å². The molecule has 4 heterocycles. The van der Waals surface area contributed by atoms with Crippen LogP contribution in [-0.2, 0) is 6.54 Å². The van der Waals surface area contributed by atoms with E-state index in [1.807, 2.05) is 24.0 Å². The van der Waals surface area contributed by atoms with Gasteiger partial charge in [0, 0.05) is 52.3 Å². The van der Waals surface area contributed by atoms with E-state index in [-0.39, 0.29) is 11.5 Å². The van der Waals surface area contributed by atoms with Crippen molar-refractivity contribution in [2.45, 2.75) is 39.3 Å². The lowest BCUT2D eigenvalue weighted by Gasteiger charge is -2.32. The van der Waals surface area contributed by atoms with E-state index < -0.39 is 0 Å². The summed E-state index contributed by atoms with van der Waals surface area (Å²) in [6.07, 6.45) is 14.5. The second-order valence-corrected chi connectivity index (χ2v) is 11.3. The Bertz CT molecular complexity index is 1360. The number of hydrogen-bond acceptors (Lipinski definition) is 6. The molecule has 4 N–H and O–H groups in total. The molecule has 1 saturated heterocycles. The highest BCUT2D eigenvalue weighted by molar-refractivity contribution is 8.07. The smallest absolute Gasteiger partial charge is 0.0776 e. The molecule has 0 aliphatic carbocycles. The summed E-state index contributed by atoms with van der Waals surface area (Å²) in [4.78, 5) is 2.63. The van der Waals surface area contributed by atoms with E-state index in [1.165, 1.54) is 37.4 Å². The number of piperidine rings is 1. The third-order valence-corrected chi connectivity index (χ3v) is 8.55. The van der Waals surface area contributed by atoms with Crippen LogP contribution >= 0.6 is 11.8 Å². The highest BCUT2D eigenvalue weighted by Gasteiger charge is 2.33. The summed E-state index contributed by atoms with van der Waals surface area (Å²) < 4.78 is 2.33. The third kappa shape index (κ3) is 6.35. The summed E-state index contributed by atoms with van der Waals surface area (Å²) in [7, 11) is 0.